The van der Waals surface area contributed by atoms with E-state index in [-0.39, 0.29) is 12.5 Å². The molecule has 1 aliphatic rings. The van der Waals surface area contributed by atoms with Crippen molar-refractivity contribution in [3.05, 3.63) is 59.1 Å². The highest BCUT2D eigenvalue weighted by Gasteiger charge is 2.18. The van der Waals surface area contributed by atoms with Gasteiger partial charge in [0.05, 0.1) is 0 Å². The monoisotopic (exact) mass is 388 g/mol. The number of ether oxygens (including phenoxy) is 2. The highest BCUT2D eigenvalue weighted by Crippen LogP contribution is 2.19. The Morgan fingerprint density at radius 3 is 2.70 bits per heavy atom. The molecule has 1 N–H and O–H groups in total. The lowest BCUT2D eigenvalue weighted by Gasteiger charge is -2.17. The van der Waals surface area contributed by atoms with Gasteiger partial charge in [0.25, 0.3) is 5.91 Å². The van der Waals surface area contributed by atoms with Crippen molar-refractivity contribution in [2.75, 3.05) is 32.8 Å². The topological polar surface area (TPSA) is 50.8 Å². The molecule has 27 heavy (non-hydrogen) atoms. The van der Waals surface area contributed by atoms with Crippen molar-refractivity contribution in [2.45, 2.75) is 19.4 Å². The summed E-state index contributed by atoms with van der Waals surface area (Å²) in [6, 6.07) is 15.1. The molecule has 0 radical (unpaired) electrons. The second kappa shape index (κ2) is 10.2. The summed E-state index contributed by atoms with van der Waals surface area (Å²) in [4.78, 5) is 14.0. The number of likely N-dealkylation sites (tertiary alicyclic amines) is 1. The molecule has 1 fully saturated rings. The van der Waals surface area contributed by atoms with Gasteiger partial charge in [0.1, 0.15) is 18.1 Å². The molecule has 5 nitrogen and oxygen atoms in total. The van der Waals surface area contributed by atoms with E-state index in [0.29, 0.717) is 24.7 Å². The highest BCUT2D eigenvalue weighted by molar-refractivity contribution is 6.30. The second-order valence-corrected chi connectivity index (χ2v) is 6.90. The van der Waals surface area contributed by atoms with E-state index >= 15 is 0 Å². The lowest BCUT2D eigenvalue weighted by molar-refractivity contribution is -0.132. The molecular formula is C21H25ClN2O3. The molecule has 1 saturated heterocycles. The third-order valence-corrected chi connectivity index (χ3v) is 4.68. The van der Waals surface area contributed by atoms with E-state index in [0.717, 1.165) is 43.0 Å². The largest absolute Gasteiger partial charge is 0.492 e. The van der Waals surface area contributed by atoms with Gasteiger partial charge < -0.3 is 19.7 Å². The van der Waals surface area contributed by atoms with Crippen LogP contribution in [0.2, 0.25) is 5.02 Å². The lowest BCUT2D eigenvalue weighted by atomic mass is 10.2. The number of halogens is 1. The van der Waals surface area contributed by atoms with Gasteiger partial charge >= 0.3 is 0 Å². The van der Waals surface area contributed by atoms with E-state index in [1.165, 1.54) is 0 Å². The van der Waals surface area contributed by atoms with Crippen LogP contribution in [0, 0.1) is 0 Å². The van der Waals surface area contributed by atoms with E-state index in [9.17, 15) is 4.79 Å². The summed E-state index contributed by atoms with van der Waals surface area (Å²) >= 11 is 5.94. The Morgan fingerprint density at radius 2 is 1.89 bits per heavy atom. The molecular weight excluding hydrogens is 364 g/mol. The van der Waals surface area contributed by atoms with E-state index < -0.39 is 0 Å². The number of nitrogens with zero attached hydrogens (tertiary/aromatic N) is 1. The molecule has 0 atom stereocenters. The smallest absolute Gasteiger partial charge is 0.260 e. The van der Waals surface area contributed by atoms with Gasteiger partial charge in [0, 0.05) is 36.8 Å². The van der Waals surface area contributed by atoms with Crippen molar-refractivity contribution in [3.8, 4) is 11.5 Å². The molecule has 0 saturated carbocycles. The number of amides is 1. The summed E-state index contributed by atoms with van der Waals surface area (Å²) < 4.78 is 11.4. The molecule has 3 rings (SSSR count). The normalized spacial score (nSPS) is 13.6. The summed E-state index contributed by atoms with van der Waals surface area (Å²) in [6.07, 6.45) is 2.17. The third-order valence-electron chi connectivity index (χ3n) is 4.44. The highest BCUT2D eigenvalue weighted by atomic mass is 35.5. The molecule has 1 aliphatic heterocycles. The number of nitrogens with one attached hydrogen (secondary N) is 1. The number of carbonyl (C=O) groups excluding carboxylic acids is 1. The van der Waals surface area contributed by atoms with Crippen LogP contribution in [0.5, 0.6) is 11.5 Å². The fraction of sp³-hybridized carbons (Fsp3) is 0.381. The maximum absolute atomic E-state index is 12.1. The summed E-state index contributed by atoms with van der Waals surface area (Å²) in [5.74, 6) is 1.56. The van der Waals surface area contributed by atoms with E-state index in [1.807, 2.05) is 47.4 Å². The predicted molar refractivity (Wildman–Crippen MR) is 106 cm³/mol. The first kappa shape index (κ1) is 19.5. The summed E-state index contributed by atoms with van der Waals surface area (Å²) in [7, 11) is 0. The Bertz CT molecular complexity index is 748. The molecule has 0 bridgehead atoms. The molecule has 0 spiro atoms. The first-order valence-electron chi connectivity index (χ1n) is 9.30. The average Bonchev–Trinajstić information content (AvgIpc) is 3.22. The van der Waals surface area contributed by atoms with Crippen LogP contribution in [0.1, 0.15) is 18.4 Å². The number of hydrogen-bond donors (Lipinski definition) is 1. The minimum Gasteiger partial charge on any atom is -0.492 e. The van der Waals surface area contributed by atoms with E-state index in [4.69, 9.17) is 21.1 Å². The molecule has 1 heterocycles. The first-order chi connectivity index (χ1) is 13.2. The van der Waals surface area contributed by atoms with Gasteiger partial charge in [-0.15, -0.1) is 0 Å². The van der Waals surface area contributed by atoms with Crippen LogP contribution in [-0.4, -0.2) is 43.7 Å². The zero-order chi connectivity index (χ0) is 18.9. The Hall–Kier alpha value is -2.24. The SMILES string of the molecule is O=C(COc1ccccc1CNCCOc1cccc(Cl)c1)N1CCCC1. The third kappa shape index (κ3) is 6.15. The van der Waals surface area contributed by atoms with Crippen LogP contribution in [0.25, 0.3) is 0 Å². The van der Waals surface area contributed by atoms with Gasteiger partial charge in [-0.25, -0.2) is 0 Å². The van der Waals surface area contributed by atoms with Gasteiger partial charge in [-0.3, -0.25) is 4.79 Å². The minimum absolute atomic E-state index is 0.0604. The number of para-hydroxylation sites is 1. The van der Waals surface area contributed by atoms with Crippen molar-refractivity contribution in [1.29, 1.82) is 0 Å². The minimum atomic E-state index is 0.0604. The van der Waals surface area contributed by atoms with Crippen molar-refractivity contribution in [1.82, 2.24) is 10.2 Å². The molecule has 1 amide bonds. The molecule has 2 aromatic carbocycles. The van der Waals surface area contributed by atoms with Crippen LogP contribution in [-0.2, 0) is 11.3 Å². The first-order valence-corrected chi connectivity index (χ1v) is 9.68. The molecule has 6 heteroatoms. The van der Waals surface area contributed by atoms with E-state index in [2.05, 4.69) is 5.32 Å². The average molecular weight is 389 g/mol. The van der Waals surface area contributed by atoms with Crippen molar-refractivity contribution in [3.63, 3.8) is 0 Å². The zero-order valence-corrected chi connectivity index (χ0v) is 16.1. The summed E-state index contributed by atoms with van der Waals surface area (Å²) in [5, 5.41) is 4.00. The van der Waals surface area contributed by atoms with Crippen LogP contribution in [0.15, 0.2) is 48.5 Å². The maximum atomic E-state index is 12.1. The van der Waals surface area contributed by atoms with Crippen molar-refractivity contribution < 1.29 is 14.3 Å². The molecule has 2 aromatic rings. The van der Waals surface area contributed by atoms with Crippen LogP contribution < -0.4 is 14.8 Å². The number of carbonyl (C=O) groups is 1. The Kier molecular flexibility index (Phi) is 7.36. The Morgan fingerprint density at radius 1 is 1.07 bits per heavy atom. The van der Waals surface area contributed by atoms with Crippen molar-refractivity contribution >= 4 is 17.5 Å². The fourth-order valence-electron chi connectivity index (χ4n) is 3.01. The molecule has 144 valence electrons. The lowest BCUT2D eigenvalue weighted by Crippen LogP contribution is -2.32. The predicted octanol–water partition coefficient (Wildman–Crippen LogP) is 3.51. The van der Waals surface area contributed by atoms with Gasteiger partial charge in [-0.1, -0.05) is 35.9 Å². The quantitative estimate of drug-likeness (QED) is 0.668. The van der Waals surface area contributed by atoms with E-state index in [1.54, 1.807) is 6.07 Å². The van der Waals surface area contributed by atoms with Gasteiger partial charge in [-0.2, -0.15) is 0 Å². The number of rotatable bonds is 9. The molecule has 0 unspecified atom stereocenters. The van der Waals surface area contributed by atoms with Crippen LogP contribution in [0.3, 0.4) is 0 Å². The fourth-order valence-corrected chi connectivity index (χ4v) is 3.19. The summed E-state index contributed by atoms with van der Waals surface area (Å²) in [5.41, 5.74) is 1.02. The van der Waals surface area contributed by atoms with Crippen LogP contribution >= 0.6 is 11.6 Å². The van der Waals surface area contributed by atoms with Crippen molar-refractivity contribution in [2.24, 2.45) is 0 Å². The van der Waals surface area contributed by atoms with Gasteiger partial charge in [0.2, 0.25) is 0 Å². The Labute approximate surface area is 165 Å². The standard InChI is InChI=1S/C21H25ClN2O3/c22-18-7-5-8-19(14-18)26-13-10-23-15-17-6-1-2-9-20(17)27-16-21(25)24-11-3-4-12-24/h1-2,5-9,14,23H,3-4,10-13,15-16H2. The van der Waals surface area contributed by atoms with Crippen LogP contribution in [0.4, 0.5) is 0 Å². The molecule has 0 aliphatic carbocycles. The number of benzene rings is 2. The second-order valence-electron chi connectivity index (χ2n) is 6.47. The van der Waals surface area contributed by atoms with Gasteiger partial charge in [0.15, 0.2) is 6.61 Å². The number of hydrogen-bond acceptors (Lipinski definition) is 4. The van der Waals surface area contributed by atoms with Gasteiger partial charge in [-0.05, 0) is 37.1 Å². The zero-order valence-electron chi connectivity index (χ0n) is 15.3. The molecule has 0 aromatic heterocycles. The maximum Gasteiger partial charge on any atom is 0.260 e. The summed E-state index contributed by atoms with van der Waals surface area (Å²) in [6.45, 7) is 3.66. The Balaban J connectivity index is 1.41.